The molecule has 2 rings (SSSR count). The standard InChI is InChI=1S/C16H32N2/c1-14(12-15-8-4-7-11-17-15)18-13-16(2)9-5-3-6-10-16/h14-15,17-18H,3-13H2,1-2H3. The van der Waals surface area contributed by atoms with Gasteiger partial charge >= 0.3 is 0 Å². The van der Waals surface area contributed by atoms with E-state index in [4.69, 9.17) is 0 Å². The maximum absolute atomic E-state index is 3.80. The van der Waals surface area contributed by atoms with Gasteiger partial charge < -0.3 is 10.6 Å². The molecule has 2 nitrogen and oxygen atoms in total. The first-order valence-corrected chi connectivity index (χ1v) is 8.15. The van der Waals surface area contributed by atoms with E-state index in [-0.39, 0.29) is 0 Å². The average molecular weight is 252 g/mol. The van der Waals surface area contributed by atoms with Gasteiger partial charge in [-0.05, 0) is 51.0 Å². The Balaban J connectivity index is 1.65. The molecule has 106 valence electrons. The highest BCUT2D eigenvalue weighted by Crippen LogP contribution is 2.35. The topological polar surface area (TPSA) is 24.1 Å². The van der Waals surface area contributed by atoms with Crippen LogP contribution in [0.4, 0.5) is 0 Å². The minimum atomic E-state index is 0.576. The van der Waals surface area contributed by atoms with Crippen LogP contribution in [0.15, 0.2) is 0 Å². The summed E-state index contributed by atoms with van der Waals surface area (Å²) in [4.78, 5) is 0. The van der Waals surface area contributed by atoms with Gasteiger partial charge in [0.25, 0.3) is 0 Å². The Morgan fingerprint density at radius 1 is 1.17 bits per heavy atom. The lowest BCUT2D eigenvalue weighted by molar-refractivity contribution is 0.197. The van der Waals surface area contributed by atoms with Gasteiger partial charge in [0, 0.05) is 18.6 Å². The number of piperidine rings is 1. The van der Waals surface area contributed by atoms with Crippen LogP contribution in [0.1, 0.15) is 71.6 Å². The molecular formula is C16H32N2. The molecule has 2 N–H and O–H groups in total. The summed E-state index contributed by atoms with van der Waals surface area (Å²) in [6, 6.07) is 1.43. The summed E-state index contributed by atoms with van der Waals surface area (Å²) in [5.74, 6) is 0. The zero-order chi connectivity index (χ0) is 12.8. The summed E-state index contributed by atoms with van der Waals surface area (Å²) < 4.78 is 0. The SMILES string of the molecule is CC(CC1CCCCN1)NCC1(C)CCCCC1. The van der Waals surface area contributed by atoms with Crippen LogP contribution < -0.4 is 10.6 Å². The summed E-state index contributed by atoms with van der Waals surface area (Å²) in [7, 11) is 0. The number of nitrogens with one attached hydrogen (secondary N) is 2. The highest BCUT2D eigenvalue weighted by atomic mass is 15.0. The van der Waals surface area contributed by atoms with E-state index in [0.717, 1.165) is 6.04 Å². The Labute approximate surface area is 113 Å². The molecule has 2 atom stereocenters. The molecule has 0 bridgehead atoms. The molecule has 1 heterocycles. The van der Waals surface area contributed by atoms with Crippen LogP contribution in [-0.2, 0) is 0 Å². The summed E-state index contributed by atoms with van der Waals surface area (Å²) in [6.45, 7) is 7.29. The van der Waals surface area contributed by atoms with Gasteiger partial charge in [-0.15, -0.1) is 0 Å². The Kier molecular flexibility index (Phi) is 5.50. The van der Waals surface area contributed by atoms with Crippen LogP contribution in [0.5, 0.6) is 0 Å². The summed E-state index contributed by atoms with van der Waals surface area (Å²) in [6.07, 6.45) is 12.7. The second kappa shape index (κ2) is 6.91. The molecule has 2 fully saturated rings. The Bertz CT molecular complexity index is 227. The number of rotatable bonds is 5. The van der Waals surface area contributed by atoms with Crippen LogP contribution >= 0.6 is 0 Å². The molecule has 0 spiro atoms. The molecule has 1 aliphatic heterocycles. The van der Waals surface area contributed by atoms with Crippen molar-refractivity contribution in [1.82, 2.24) is 10.6 Å². The molecule has 0 amide bonds. The summed E-state index contributed by atoms with van der Waals surface area (Å²) >= 11 is 0. The van der Waals surface area contributed by atoms with Gasteiger partial charge in [0.05, 0.1) is 0 Å². The van der Waals surface area contributed by atoms with E-state index in [1.807, 2.05) is 0 Å². The van der Waals surface area contributed by atoms with Crippen molar-refractivity contribution in [3.63, 3.8) is 0 Å². The largest absolute Gasteiger partial charge is 0.314 e. The van der Waals surface area contributed by atoms with Gasteiger partial charge in [-0.2, -0.15) is 0 Å². The van der Waals surface area contributed by atoms with E-state index < -0.39 is 0 Å². The third-order valence-electron chi connectivity index (χ3n) is 4.99. The van der Waals surface area contributed by atoms with Crippen LogP contribution in [0.3, 0.4) is 0 Å². The van der Waals surface area contributed by atoms with Gasteiger partial charge in [0.15, 0.2) is 0 Å². The van der Waals surface area contributed by atoms with Crippen molar-refractivity contribution in [3.05, 3.63) is 0 Å². The zero-order valence-electron chi connectivity index (χ0n) is 12.4. The van der Waals surface area contributed by atoms with Crippen LogP contribution in [0.2, 0.25) is 0 Å². The molecule has 1 saturated heterocycles. The lowest BCUT2D eigenvalue weighted by Gasteiger charge is -2.35. The quantitative estimate of drug-likeness (QED) is 0.783. The summed E-state index contributed by atoms with van der Waals surface area (Å²) in [5, 5.41) is 7.46. The molecule has 0 aromatic heterocycles. The first kappa shape index (κ1) is 14.3. The number of hydrogen-bond acceptors (Lipinski definition) is 2. The molecule has 18 heavy (non-hydrogen) atoms. The zero-order valence-corrected chi connectivity index (χ0v) is 12.4. The van der Waals surface area contributed by atoms with Crippen LogP contribution in [-0.4, -0.2) is 25.2 Å². The van der Waals surface area contributed by atoms with Gasteiger partial charge in [-0.3, -0.25) is 0 Å². The van der Waals surface area contributed by atoms with E-state index in [1.165, 1.54) is 70.9 Å². The second-order valence-corrected chi connectivity index (χ2v) is 7.04. The lowest BCUT2D eigenvalue weighted by Crippen LogP contribution is -2.43. The van der Waals surface area contributed by atoms with Gasteiger partial charge in [-0.1, -0.05) is 32.6 Å². The van der Waals surface area contributed by atoms with E-state index in [1.54, 1.807) is 0 Å². The molecule has 0 aromatic rings. The molecule has 1 saturated carbocycles. The normalized spacial score (nSPS) is 30.0. The molecule has 1 aliphatic carbocycles. The van der Waals surface area contributed by atoms with E-state index in [9.17, 15) is 0 Å². The van der Waals surface area contributed by atoms with Gasteiger partial charge in [0.1, 0.15) is 0 Å². The first-order chi connectivity index (χ1) is 8.68. The minimum absolute atomic E-state index is 0.576. The van der Waals surface area contributed by atoms with E-state index in [0.29, 0.717) is 11.5 Å². The minimum Gasteiger partial charge on any atom is -0.314 e. The molecule has 0 radical (unpaired) electrons. The van der Waals surface area contributed by atoms with Crippen LogP contribution in [0, 0.1) is 5.41 Å². The smallest absolute Gasteiger partial charge is 0.00817 e. The van der Waals surface area contributed by atoms with Crippen molar-refractivity contribution in [2.24, 2.45) is 5.41 Å². The fourth-order valence-electron chi connectivity index (χ4n) is 3.64. The lowest BCUT2D eigenvalue weighted by atomic mass is 9.75. The van der Waals surface area contributed by atoms with Crippen molar-refractivity contribution < 1.29 is 0 Å². The molecule has 2 aliphatic rings. The van der Waals surface area contributed by atoms with Crippen molar-refractivity contribution in [1.29, 1.82) is 0 Å². The van der Waals surface area contributed by atoms with Crippen molar-refractivity contribution in [2.75, 3.05) is 13.1 Å². The molecule has 2 unspecified atom stereocenters. The first-order valence-electron chi connectivity index (χ1n) is 8.15. The predicted molar refractivity (Wildman–Crippen MR) is 78.9 cm³/mol. The highest BCUT2D eigenvalue weighted by Gasteiger charge is 2.27. The monoisotopic (exact) mass is 252 g/mol. The molecular weight excluding hydrogens is 220 g/mol. The van der Waals surface area contributed by atoms with Gasteiger partial charge in [0.2, 0.25) is 0 Å². The maximum Gasteiger partial charge on any atom is 0.00817 e. The van der Waals surface area contributed by atoms with Crippen molar-refractivity contribution >= 4 is 0 Å². The second-order valence-electron chi connectivity index (χ2n) is 7.04. The Hall–Kier alpha value is -0.0800. The number of hydrogen-bond donors (Lipinski definition) is 2. The fraction of sp³-hybridized carbons (Fsp3) is 1.00. The van der Waals surface area contributed by atoms with Crippen LogP contribution in [0.25, 0.3) is 0 Å². The third-order valence-corrected chi connectivity index (χ3v) is 4.99. The highest BCUT2D eigenvalue weighted by molar-refractivity contribution is 4.83. The predicted octanol–water partition coefficient (Wildman–Crippen LogP) is 3.47. The van der Waals surface area contributed by atoms with Crippen molar-refractivity contribution in [2.45, 2.75) is 83.7 Å². The summed E-state index contributed by atoms with van der Waals surface area (Å²) in [5.41, 5.74) is 0.576. The third kappa shape index (κ3) is 4.55. The average Bonchev–Trinajstić information content (AvgIpc) is 2.39. The van der Waals surface area contributed by atoms with Crippen molar-refractivity contribution in [3.8, 4) is 0 Å². The molecule has 2 heteroatoms. The molecule has 0 aromatic carbocycles. The Morgan fingerprint density at radius 3 is 2.61 bits per heavy atom. The fourth-order valence-corrected chi connectivity index (χ4v) is 3.64. The van der Waals surface area contributed by atoms with E-state index >= 15 is 0 Å². The Morgan fingerprint density at radius 2 is 1.94 bits per heavy atom. The maximum atomic E-state index is 3.80. The van der Waals surface area contributed by atoms with Gasteiger partial charge in [-0.25, -0.2) is 0 Å². The van der Waals surface area contributed by atoms with E-state index in [2.05, 4.69) is 24.5 Å².